The van der Waals surface area contributed by atoms with Crippen molar-refractivity contribution < 1.29 is 98.8 Å². The fraction of sp³-hybridized carbons (Fsp3) is 0.243. The molecule has 59 heavy (non-hydrogen) atoms. The Bertz CT molecular complexity index is 2170. The summed E-state index contributed by atoms with van der Waals surface area (Å²) in [5.41, 5.74) is -15.0. The molecule has 0 aliphatic carbocycles. The zero-order valence-electron chi connectivity index (χ0n) is 29.3. The van der Waals surface area contributed by atoms with Gasteiger partial charge in [0.15, 0.2) is 52.6 Å². The van der Waals surface area contributed by atoms with Gasteiger partial charge in [-0.3, -0.25) is 0 Å². The van der Waals surface area contributed by atoms with Crippen LogP contribution in [0.25, 0.3) is 0 Å². The molecular weight excluding hydrogens is 844 g/mol. The molecule has 4 aromatic carbocycles. The van der Waals surface area contributed by atoms with Crippen LogP contribution in [0.15, 0.2) is 72.8 Å². The van der Waals surface area contributed by atoms with Crippen molar-refractivity contribution >= 4 is 11.9 Å². The molecule has 0 unspecified atom stereocenters. The standard InChI is InChI=1S/C37H22F16O6/c1-56-34(36(48,49)50,16-10-5-3-6-11-16)32(54)58-18(20-22(38)26(42)30(46)27(43)23(20)39)14-9-15-19(21-24(40)28(44)31(47)29(45)25(21)41)59-33(55)35(57-2,37(51,52)53)17-12-7-4-8-13-17/h3-14,18-19H,15H2,1-2H3/b14-9-/t18-,19+,34-,35-/m1/s1. The molecule has 0 aliphatic rings. The number of hydrogen-bond acceptors (Lipinski definition) is 6. The van der Waals surface area contributed by atoms with E-state index in [1.165, 1.54) is 0 Å². The van der Waals surface area contributed by atoms with Gasteiger partial charge in [-0.1, -0.05) is 66.7 Å². The first kappa shape index (κ1) is 46.1. The average molecular weight is 867 g/mol. The lowest BCUT2D eigenvalue weighted by Crippen LogP contribution is -2.52. The molecule has 0 saturated carbocycles. The lowest BCUT2D eigenvalue weighted by Gasteiger charge is -2.34. The Hall–Kier alpha value is -5.64. The quantitative estimate of drug-likeness (QED) is 0.0438. The Morgan fingerprint density at radius 3 is 1.17 bits per heavy atom. The molecule has 0 spiro atoms. The van der Waals surface area contributed by atoms with Crippen molar-refractivity contribution in [3.05, 3.63) is 153 Å². The Balaban J connectivity index is 1.95. The summed E-state index contributed by atoms with van der Waals surface area (Å²) in [6.07, 6.45) is -19.8. The van der Waals surface area contributed by atoms with E-state index >= 15 is 17.6 Å². The van der Waals surface area contributed by atoms with Crippen LogP contribution < -0.4 is 0 Å². The number of alkyl halides is 6. The maximum atomic E-state index is 15.1. The molecule has 4 aromatic rings. The molecule has 0 heterocycles. The number of rotatable bonds is 13. The van der Waals surface area contributed by atoms with Crippen molar-refractivity contribution in [2.45, 2.75) is 42.2 Å². The van der Waals surface area contributed by atoms with Gasteiger partial charge in [-0.15, -0.1) is 0 Å². The number of carbonyl (C=O) groups excluding carboxylic acids is 2. The van der Waals surface area contributed by atoms with Crippen molar-refractivity contribution in [2.24, 2.45) is 0 Å². The van der Waals surface area contributed by atoms with Gasteiger partial charge in [0.1, 0.15) is 6.10 Å². The van der Waals surface area contributed by atoms with Crippen molar-refractivity contribution in [3.63, 3.8) is 0 Å². The van der Waals surface area contributed by atoms with E-state index in [1.54, 1.807) is 0 Å². The molecule has 0 N–H and O–H groups in total. The van der Waals surface area contributed by atoms with Gasteiger partial charge < -0.3 is 18.9 Å². The van der Waals surface area contributed by atoms with Crippen molar-refractivity contribution in [1.29, 1.82) is 0 Å². The Labute approximate surface area is 320 Å². The molecule has 0 fully saturated rings. The average Bonchev–Trinajstić information content (AvgIpc) is 3.18. The summed E-state index contributed by atoms with van der Waals surface area (Å²) in [5, 5.41) is 0. The van der Waals surface area contributed by atoms with E-state index in [0.717, 1.165) is 36.4 Å². The molecule has 0 radical (unpaired) electrons. The minimum absolute atomic E-state index is 0.0740. The number of carbonyl (C=O) groups is 2. The Morgan fingerprint density at radius 1 is 0.508 bits per heavy atom. The molecule has 0 saturated heterocycles. The second kappa shape index (κ2) is 17.3. The summed E-state index contributed by atoms with van der Waals surface area (Å²) >= 11 is 0. The molecule has 0 aromatic heterocycles. The summed E-state index contributed by atoms with van der Waals surface area (Å²) in [6, 6.07) is 8.67. The maximum Gasteiger partial charge on any atom is 0.432 e. The molecule has 6 nitrogen and oxygen atoms in total. The van der Waals surface area contributed by atoms with E-state index in [1.807, 2.05) is 0 Å². The van der Waals surface area contributed by atoms with Crippen LogP contribution in [0.4, 0.5) is 70.2 Å². The number of methoxy groups -OCH3 is 2. The van der Waals surface area contributed by atoms with Crippen LogP contribution in [0.2, 0.25) is 0 Å². The van der Waals surface area contributed by atoms with Gasteiger partial charge in [0.25, 0.3) is 11.2 Å². The third-order valence-electron chi connectivity index (χ3n) is 8.58. The monoisotopic (exact) mass is 866 g/mol. The smallest absolute Gasteiger partial charge is 0.432 e. The van der Waals surface area contributed by atoms with Gasteiger partial charge in [0.2, 0.25) is 11.6 Å². The lowest BCUT2D eigenvalue weighted by atomic mass is 9.92. The van der Waals surface area contributed by atoms with Crippen LogP contribution in [-0.4, -0.2) is 38.5 Å². The third-order valence-corrected chi connectivity index (χ3v) is 8.58. The molecule has 4 atom stereocenters. The zero-order chi connectivity index (χ0) is 44.4. The number of esters is 2. The van der Waals surface area contributed by atoms with Crippen LogP contribution >= 0.6 is 0 Å². The van der Waals surface area contributed by atoms with Gasteiger partial charge in [-0.25, -0.2) is 53.5 Å². The molecule has 0 amide bonds. The van der Waals surface area contributed by atoms with E-state index < -0.39 is 135 Å². The summed E-state index contributed by atoms with van der Waals surface area (Å²) in [6.45, 7) is 0. The first-order chi connectivity index (χ1) is 27.5. The Morgan fingerprint density at radius 2 is 0.831 bits per heavy atom. The van der Waals surface area contributed by atoms with E-state index in [4.69, 9.17) is 0 Å². The fourth-order valence-electron chi connectivity index (χ4n) is 5.71. The summed E-state index contributed by atoms with van der Waals surface area (Å²) in [4.78, 5) is 26.8. The molecule has 0 aliphatic heterocycles. The van der Waals surface area contributed by atoms with Crippen LogP contribution in [0, 0.1) is 58.2 Å². The number of benzene rings is 4. The van der Waals surface area contributed by atoms with E-state index in [0.29, 0.717) is 38.5 Å². The van der Waals surface area contributed by atoms with Crippen molar-refractivity contribution in [3.8, 4) is 0 Å². The van der Waals surface area contributed by atoms with Crippen LogP contribution in [0.5, 0.6) is 0 Å². The summed E-state index contributed by atoms with van der Waals surface area (Å²) < 4.78 is 252. The second-order valence-corrected chi connectivity index (χ2v) is 11.8. The predicted octanol–water partition coefficient (Wildman–Crippen LogP) is 10.1. The normalized spacial score (nSPS) is 15.4. The first-order valence-electron chi connectivity index (χ1n) is 15.9. The number of hydrogen-bond donors (Lipinski definition) is 0. The highest BCUT2D eigenvalue weighted by Gasteiger charge is 2.65. The van der Waals surface area contributed by atoms with E-state index in [9.17, 15) is 62.3 Å². The number of ether oxygens (including phenoxy) is 4. The van der Waals surface area contributed by atoms with Gasteiger partial charge in [-0.2, -0.15) is 26.3 Å². The largest absolute Gasteiger partial charge is 0.454 e. The molecule has 22 heteroatoms. The first-order valence-corrected chi connectivity index (χ1v) is 15.9. The minimum atomic E-state index is -5.85. The van der Waals surface area contributed by atoms with Crippen LogP contribution in [0.1, 0.15) is 40.9 Å². The Kier molecular flexibility index (Phi) is 13.5. The van der Waals surface area contributed by atoms with Crippen LogP contribution in [0.3, 0.4) is 0 Å². The van der Waals surface area contributed by atoms with E-state index in [2.05, 4.69) is 18.9 Å². The molecule has 4 rings (SSSR count). The zero-order valence-corrected chi connectivity index (χ0v) is 29.3. The van der Waals surface area contributed by atoms with Gasteiger partial charge in [0.05, 0.1) is 11.1 Å². The third kappa shape index (κ3) is 8.06. The molecular formula is C37H22F16O6. The minimum Gasteiger partial charge on any atom is -0.454 e. The van der Waals surface area contributed by atoms with Crippen LogP contribution in [-0.2, 0) is 39.7 Å². The van der Waals surface area contributed by atoms with Gasteiger partial charge in [-0.05, 0) is 6.08 Å². The SMILES string of the molecule is CO[C@@](C(=O)O[C@@H](C/C=C\[C@@H](OC(=O)[C@](OC)(c1ccccc1)C(F)(F)F)c1c(F)c(F)c(F)c(F)c1F)c1c(F)c(F)c(F)c(F)c1F)(c1ccccc1)C(F)(F)F. The molecule has 318 valence electrons. The highest BCUT2D eigenvalue weighted by molar-refractivity contribution is 5.83. The topological polar surface area (TPSA) is 71.1 Å². The van der Waals surface area contributed by atoms with Gasteiger partial charge >= 0.3 is 24.3 Å². The van der Waals surface area contributed by atoms with Crippen molar-refractivity contribution in [2.75, 3.05) is 14.2 Å². The summed E-state index contributed by atoms with van der Waals surface area (Å²) in [7, 11) is 0.596. The van der Waals surface area contributed by atoms with E-state index in [-0.39, 0.29) is 12.2 Å². The number of halogens is 16. The van der Waals surface area contributed by atoms with Gasteiger partial charge in [0, 0.05) is 31.8 Å². The lowest BCUT2D eigenvalue weighted by molar-refractivity contribution is -0.279. The maximum absolute atomic E-state index is 15.1. The highest BCUT2D eigenvalue weighted by Crippen LogP contribution is 2.46. The predicted molar refractivity (Wildman–Crippen MR) is 166 cm³/mol. The van der Waals surface area contributed by atoms with Crippen molar-refractivity contribution in [1.82, 2.24) is 0 Å². The summed E-state index contributed by atoms with van der Waals surface area (Å²) in [5.74, 6) is -33.4. The fourth-order valence-corrected chi connectivity index (χ4v) is 5.71. The highest BCUT2D eigenvalue weighted by atomic mass is 19.4. The molecule has 0 bridgehead atoms. The second-order valence-electron chi connectivity index (χ2n) is 11.8.